The molecule has 1 rings (SSSR count). The number of halogens is 4. The fourth-order valence-corrected chi connectivity index (χ4v) is 1.60. The van der Waals surface area contributed by atoms with Crippen LogP contribution in [0.25, 0.3) is 0 Å². The van der Waals surface area contributed by atoms with Gasteiger partial charge in [-0.1, -0.05) is 0 Å². The number of nitro benzene ring substituents is 1. The van der Waals surface area contributed by atoms with Crippen molar-refractivity contribution in [2.75, 3.05) is 0 Å². The Labute approximate surface area is 96.3 Å². The summed E-state index contributed by atoms with van der Waals surface area (Å²) in [5, 5.41) is 10.5. The van der Waals surface area contributed by atoms with E-state index in [4.69, 9.17) is 0 Å². The van der Waals surface area contributed by atoms with Crippen molar-refractivity contribution in [3.63, 3.8) is 0 Å². The molecular formula is C8H5BrF3NO3. The Hall–Kier alpha value is -1.31. The van der Waals surface area contributed by atoms with Crippen molar-refractivity contribution in [3.8, 4) is 5.75 Å². The summed E-state index contributed by atoms with van der Waals surface area (Å²) in [6.07, 6.45) is -4.89. The molecule has 0 unspecified atom stereocenters. The highest BCUT2D eigenvalue weighted by Gasteiger charge is 2.34. The second-order valence-corrected chi connectivity index (χ2v) is 3.68. The largest absolute Gasteiger partial charge is 0.573 e. The topological polar surface area (TPSA) is 52.4 Å². The second-order valence-electron chi connectivity index (χ2n) is 2.83. The van der Waals surface area contributed by atoms with Gasteiger partial charge in [-0.25, -0.2) is 0 Å². The van der Waals surface area contributed by atoms with Crippen LogP contribution in [0, 0.1) is 17.0 Å². The van der Waals surface area contributed by atoms with E-state index in [1.165, 1.54) is 6.92 Å². The van der Waals surface area contributed by atoms with Gasteiger partial charge in [-0.05, 0) is 28.9 Å². The van der Waals surface area contributed by atoms with E-state index < -0.39 is 22.7 Å². The molecule has 0 aliphatic rings. The molecule has 0 amide bonds. The molecule has 0 fully saturated rings. The van der Waals surface area contributed by atoms with Gasteiger partial charge in [-0.15, -0.1) is 13.2 Å². The number of nitro groups is 1. The minimum atomic E-state index is -4.89. The molecule has 8 heteroatoms. The maximum Gasteiger partial charge on any atom is 0.573 e. The molecule has 0 bridgehead atoms. The molecule has 88 valence electrons. The van der Waals surface area contributed by atoms with Crippen LogP contribution in [-0.4, -0.2) is 11.3 Å². The summed E-state index contributed by atoms with van der Waals surface area (Å²) in [5.41, 5.74) is -0.612. The first-order valence-corrected chi connectivity index (χ1v) is 4.71. The van der Waals surface area contributed by atoms with Gasteiger partial charge < -0.3 is 4.74 Å². The van der Waals surface area contributed by atoms with Gasteiger partial charge >= 0.3 is 6.36 Å². The van der Waals surface area contributed by atoms with Gasteiger partial charge in [0.1, 0.15) is 0 Å². The molecule has 0 N–H and O–H groups in total. The van der Waals surface area contributed by atoms with Gasteiger partial charge in [0.15, 0.2) is 5.75 Å². The lowest BCUT2D eigenvalue weighted by atomic mass is 10.2. The molecule has 0 saturated carbocycles. The third kappa shape index (κ3) is 2.84. The van der Waals surface area contributed by atoms with E-state index in [9.17, 15) is 23.3 Å². The fraction of sp³-hybridized carbons (Fsp3) is 0.250. The summed E-state index contributed by atoms with van der Waals surface area (Å²) in [6, 6.07) is 2.23. The maximum absolute atomic E-state index is 12.0. The van der Waals surface area contributed by atoms with E-state index in [2.05, 4.69) is 20.7 Å². The van der Waals surface area contributed by atoms with E-state index in [0.717, 1.165) is 12.1 Å². The van der Waals surface area contributed by atoms with Crippen molar-refractivity contribution in [2.45, 2.75) is 13.3 Å². The molecule has 0 spiro atoms. The molecule has 0 aliphatic heterocycles. The summed E-state index contributed by atoms with van der Waals surface area (Å²) in [5.74, 6) is -0.596. The van der Waals surface area contributed by atoms with E-state index >= 15 is 0 Å². The molecule has 0 saturated heterocycles. The Kier molecular flexibility index (Phi) is 3.41. The first kappa shape index (κ1) is 12.8. The summed E-state index contributed by atoms with van der Waals surface area (Å²) in [6.45, 7) is 1.18. The van der Waals surface area contributed by atoms with E-state index in [1.807, 2.05) is 0 Å². The number of hydrogen-bond acceptors (Lipinski definition) is 3. The summed E-state index contributed by atoms with van der Waals surface area (Å²) in [7, 11) is 0. The van der Waals surface area contributed by atoms with Gasteiger partial charge in [0.2, 0.25) is 0 Å². The van der Waals surface area contributed by atoms with Crippen molar-refractivity contribution in [2.24, 2.45) is 0 Å². The van der Waals surface area contributed by atoms with Crippen LogP contribution in [0.2, 0.25) is 0 Å². The number of nitrogens with zero attached hydrogens (tertiary/aromatic N) is 1. The van der Waals surface area contributed by atoms with Crippen LogP contribution in [0.5, 0.6) is 5.75 Å². The van der Waals surface area contributed by atoms with E-state index in [-0.39, 0.29) is 10.0 Å². The third-order valence-corrected chi connectivity index (χ3v) is 2.37. The molecule has 16 heavy (non-hydrogen) atoms. The zero-order valence-electron chi connectivity index (χ0n) is 7.84. The van der Waals surface area contributed by atoms with Gasteiger partial charge in [0.25, 0.3) is 5.69 Å². The van der Waals surface area contributed by atoms with Crippen molar-refractivity contribution in [3.05, 3.63) is 32.3 Å². The normalized spacial score (nSPS) is 11.3. The molecule has 0 heterocycles. The highest BCUT2D eigenvalue weighted by molar-refractivity contribution is 9.10. The van der Waals surface area contributed by atoms with E-state index in [1.54, 1.807) is 0 Å². The van der Waals surface area contributed by atoms with Crippen LogP contribution in [0.4, 0.5) is 18.9 Å². The summed E-state index contributed by atoms with van der Waals surface area (Å²) >= 11 is 2.84. The van der Waals surface area contributed by atoms with Crippen molar-refractivity contribution in [1.82, 2.24) is 0 Å². The number of benzene rings is 1. The standard InChI is InChI=1S/C8H5BrF3NO3/c1-4-6(13(14)15)3-2-5(9)7(4)16-8(10,11)12/h2-3H,1H3. The molecule has 1 aromatic carbocycles. The third-order valence-electron chi connectivity index (χ3n) is 1.74. The van der Waals surface area contributed by atoms with Crippen LogP contribution in [-0.2, 0) is 0 Å². The Morgan fingerprint density at radius 2 is 2.00 bits per heavy atom. The maximum atomic E-state index is 12.0. The predicted molar refractivity (Wildman–Crippen MR) is 52.2 cm³/mol. The first-order valence-electron chi connectivity index (χ1n) is 3.91. The lowest BCUT2D eigenvalue weighted by Gasteiger charge is -2.12. The van der Waals surface area contributed by atoms with Crippen LogP contribution in [0.3, 0.4) is 0 Å². The molecule has 0 atom stereocenters. The Morgan fingerprint density at radius 1 is 1.44 bits per heavy atom. The lowest BCUT2D eigenvalue weighted by Crippen LogP contribution is -2.18. The number of hydrogen-bond donors (Lipinski definition) is 0. The Morgan fingerprint density at radius 3 is 2.44 bits per heavy atom. The SMILES string of the molecule is Cc1c([N+](=O)[O-])ccc(Br)c1OC(F)(F)F. The van der Waals surface area contributed by atoms with Crippen molar-refractivity contribution in [1.29, 1.82) is 0 Å². The second kappa shape index (κ2) is 4.28. The smallest absolute Gasteiger partial charge is 0.404 e. The summed E-state index contributed by atoms with van der Waals surface area (Å²) in [4.78, 5) is 9.73. The zero-order valence-corrected chi connectivity index (χ0v) is 9.42. The zero-order chi connectivity index (χ0) is 12.5. The van der Waals surface area contributed by atoms with Crippen LogP contribution in [0.15, 0.2) is 16.6 Å². The number of rotatable bonds is 2. The molecule has 4 nitrogen and oxygen atoms in total. The minimum Gasteiger partial charge on any atom is -0.404 e. The fourth-order valence-electron chi connectivity index (χ4n) is 1.09. The highest BCUT2D eigenvalue weighted by Crippen LogP contribution is 2.37. The lowest BCUT2D eigenvalue weighted by molar-refractivity contribution is -0.385. The summed E-state index contributed by atoms with van der Waals surface area (Å²) < 4.78 is 39.8. The van der Waals surface area contributed by atoms with Gasteiger partial charge in [-0.3, -0.25) is 10.1 Å². The average Bonchev–Trinajstić information content (AvgIpc) is 2.10. The van der Waals surface area contributed by atoms with Gasteiger partial charge in [0, 0.05) is 6.07 Å². The first-order chi connectivity index (χ1) is 7.22. The predicted octanol–water partition coefficient (Wildman–Crippen LogP) is 3.56. The van der Waals surface area contributed by atoms with E-state index in [0.29, 0.717) is 0 Å². The number of alkyl halides is 3. The van der Waals surface area contributed by atoms with Crippen LogP contribution >= 0.6 is 15.9 Å². The van der Waals surface area contributed by atoms with Crippen molar-refractivity contribution >= 4 is 21.6 Å². The molecule has 0 radical (unpaired) electrons. The molecule has 0 aromatic heterocycles. The molecule has 1 aromatic rings. The molecule has 0 aliphatic carbocycles. The monoisotopic (exact) mass is 299 g/mol. The Bertz CT molecular complexity index is 433. The number of ether oxygens (including phenoxy) is 1. The van der Waals surface area contributed by atoms with Gasteiger partial charge in [-0.2, -0.15) is 0 Å². The quantitative estimate of drug-likeness (QED) is 0.620. The van der Waals surface area contributed by atoms with Crippen LogP contribution < -0.4 is 4.74 Å². The van der Waals surface area contributed by atoms with Crippen LogP contribution in [0.1, 0.15) is 5.56 Å². The van der Waals surface area contributed by atoms with Crippen molar-refractivity contribution < 1.29 is 22.8 Å². The molecular weight excluding hydrogens is 295 g/mol. The van der Waals surface area contributed by atoms with Gasteiger partial charge in [0.05, 0.1) is 15.0 Å². The highest BCUT2D eigenvalue weighted by atomic mass is 79.9. The average molecular weight is 300 g/mol. The Balaban J connectivity index is 3.27. The minimum absolute atomic E-state index is 0.00734.